The van der Waals surface area contributed by atoms with Crippen molar-refractivity contribution in [1.82, 2.24) is 0 Å². The van der Waals surface area contributed by atoms with Crippen LogP contribution in [0.25, 0.3) is 0 Å². The third-order valence-corrected chi connectivity index (χ3v) is 4.68. The average Bonchev–Trinajstić information content (AvgIpc) is 1.63. The van der Waals surface area contributed by atoms with Gasteiger partial charge in [0.05, 0.1) is 0 Å². The fraction of sp³-hybridized carbons (Fsp3) is 1.00. The van der Waals surface area contributed by atoms with Crippen LogP contribution in [0.3, 0.4) is 0 Å². The smallest absolute Gasteiger partial charge is 0.318 e. The standard InChI is InChI=1S/C4H14O2Si2/c1-7(2)6-8(3,4)5/h5,7H,1-4H3/i5D. The fourth-order valence-corrected chi connectivity index (χ4v) is 5.11. The molecular weight excluding hydrogens is 136 g/mol. The quantitative estimate of drug-likeness (QED) is 0.601. The topological polar surface area (TPSA) is 29.5 Å². The van der Waals surface area contributed by atoms with Crippen LogP contribution in [0.2, 0.25) is 26.2 Å². The van der Waals surface area contributed by atoms with E-state index in [4.69, 9.17) is 5.55 Å². The molecular formula is C4H14O2Si2. The van der Waals surface area contributed by atoms with Crippen LogP contribution in [-0.2, 0) is 4.12 Å². The molecule has 0 aromatic heterocycles. The predicted molar refractivity (Wildman–Crippen MR) is 39.7 cm³/mol. The van der Waals surface area contributed by atoms with Crippen molar-refractivity contribution in [2.24, 2.45) is 0 Å². The minimum absolute atomic E-state index is 0.996. The van der Waals surface area contributed by atoms with Crippen molar-refractivity contribution < 1.29 is 8.91 Å². The molecule has 0 bridgehead atoms. The lowest BCUT2D eigenvalue weighted by Crippen LogP contribution is -2.34. The van der Waals surface area contributed by atoms with E-state index in [-0.39, 0.29) is 0 Å². The summed E-state index contributed by atoms with van der Waals surface area (Å²) >= 11 is 0. The number of hydrogen-bond acceptors (Lipinski definition) is 2. The van der Waals surface area contributed by atoms with E-state index in [1.54, 1.807) is 0 Å². The summed E-state index contributed by atoms with van der Waals surface area (Å²) in [6.07, 6.45) is 0. The Labute approximate surface area is 55.0 Å². The summed E-state index contributed by atoms with van der Waals surface area (Å²) in [6, 6.07) is 0. The molecule has 0 aliphatic heterocycles. The summed E-state index contributed by atoms with van der Waals surface area (Å²) in [4.78, 5) is 4.45. The van der Waals surface area contributed by atoms with Crippen molar-refractivity contribution in [3.05, 3.63) is 0 Å². The normalized spacial score (nSPS) is 14.4. The van der Waals surface area contributed by atoms with Crippen LogP contribution in [0.15, 0.2) is 0 Å². The monoisotopic (exact) mass is 151 g/mol. The number of hydrogen-bond donors (Lipinski definition) is 1. The van der Waals surface area contributed by atoms with Gasteiger partial charge in [-0.05, 0) is 26.2 Å². The van der Waals surface area contributed by atoms with Gasteiger partial charge in [-0.1, -0.05) is 0 Å². The Morgan fingerprint density at radius 2 is 2.12 bits per heavy atom. The molecule has 0 amide bonds. The summed E-state index contributed by atoms with van der Waals surface area (Å²) in [6.45, 7) is 7.92. The first-order valence-corrected chi connectivity index (χ1v) is 8.40. The van der Waals surface area contributed by atoms with Crippen molar-refractivity contribution in [2.75, 3.05) is 0 Å². The van der Waals surface area contributed by atoms with Crippen LogP contribution >= 0.6 is 0 Å². The molecule has 4 heteroatoms. The van der Waals surface area contributed by atoms with Crippen LogP contribution < -0.4 is 0 Å². The molecule has 0 rings (SSSR count). The molecule has 0 spiro atoms. The van der Waals surface area contributed by atoms with E-state index >= 15 is 0 Å². The van der Waals surface area contributed by atoms with E-state index in [9.17, 15) is 0 Å². The summed E-state index contributed by atoms with van der Waals surface area (Å²) in [7, 11) is -3.01. The number of rotatable bonds is 3. The first-order chi connectivity index (χ1) is 3.98. The summed E-state index contributed by atoms with van der Waals surface area (Å²) in [5.41, 5.74) is 0. The molecule has 0 aromatic rings. The van der Waals surface area contributed by atoms with Crippen LogP contribution in [0.4, 0.5) is 0 Å². The van der Waals surface area contributed by atoms with Crippen molar-refractivity contribution in [1.29, 1.82) is 1.43 Å². The Hall–Kier alpha value is 0.354. The molecule has 0 unspecified atom stereocenters. The zero-order valence-electron chi connectivity index (χ0n) is 6.89. The van der Waals surface area contributed by atoms with Gasteiger partial charge in [0, 0.05) is 0 Å². The van der Waals surface area contributed by atoms with Gasteiger partial charge in [0.25, 0.3) is 0 Å². The highest BCUT2D eigenvalue weighted by Crippen LogP contribution is 1.99. The maximum absolute atomic E-state index is 6.66. The molecule has 0 heterocycles. The Bertz CT molecular complexity index is 86.6. The van der Waals surface area contributed by atoms with E-state index in [0.29, 0.717) is 0 Å². The largest absolute Gasteiger partial charge is 0.439 e. The molecule has 8 heavy (non-hydrogen) atoms. The molecule has 0 fully saturated rings. The van der Waals surface area contributed by atoms with Crippen LogP contribution in [0, 0.1) is 0 Å². The van der Waals surface area contributed by atoms with Gasteiger partial charge in [-0.2, -0.15) is 0 Å². The van der Waals surface area contributed by atoms with Crippen molar-refractivity contribution in [3.8, 4) is 0 Å². The Morgan fingerprint density at radius 1 is 1.62 bits per heavy atom. The van der Waals surface area contributed by atoms with Gasteiger partial charge >= 0.3 is 8.56 Å². The molecule has 0 radical (unpaired) electrons. The molecule has 0 aliphatic rings. The Kier molecular flexibility index (Phi) is 2.24. The van der Waals surface area contributed by atoms with E-state index in [1.165, 1.54) is 0 Å². The van der Waals surface area contributed by atoms with E-state index in [1.807, 2.05) is 13.1 Å². The zero-order chi connectivity index (χ0) is 7.49. The summed E-state index contributed by atoms with van der Waals surface area (Å²) in [5.74, 6) is 0. The van der Waals surface area contributed by atoms with Crippen LogP contribution in [-0.4, -0.2) is 23.8 Å². The lowest BCUT2D eigenvalue weighted by Gasteiger charge is -2.17. The summed E-state index contributed by atoms with van der Waals surface area (Å²) in [5, 5.41) is 0. The maximum Gasteiger partial charge on any atom is 0.318 e. The maximum atomic E-state index is 6.66. The average molecular weight is 151 g/mol. The zero-order valence-corrected chi connectivity index (χ0v) is 8.05. The fourth-order valence-electron chi connectivity index (χ4n) is 0.568. The van der Waals surface area contributed by atoms with Gasteiger partial charge in [-0.15, -0.1) is 0 Å². The van der Waals surface area contributed by atoms with E-state index < -0.39 is 17.6 Å². The Balaban J connectivity index is 3.58. The summed E-state index contributed by atoms with van der Waals surface area (Å²) < 4.78 is 12.1. The second kappa shape index (κ2) is 2.77. The SMILES string of the molecule is [2H]O[Si](C)(C)O[SiH](C)C. The van der Waals surface area contributed by atoms with Gasteiger partial charge in [0.15, 0.2) is 10.5 Å². The molecule has 0 saturated carbocycles. The molecule has 2 nitrogen and oxygen atoms in total. The predicted octanol–water partition coefficient (Wildman–Crippen LogP) is 0.680. The molecule has 0 atom stereocenters. The van der Waals surface area contributed by atoms with Crippen LogP contribution in [0.1, 0.15) is 0 Å². The lowest BCUT2D eigenvalue weighted by atomic mass is 11.9. The van der Waals surface area contributed by atoms with E-state index in [0.717, 1.165) is 0 Å². The van der Waals surface area contributed by atoms with Crippen molar-refractivity contribution >= 4 is 17.6 Å². The highest BCUT2D eigenvalue weighted by molar-refractivity contribution is 6.71. The first-order valence-electron chi connectivity index (χ1n) is 3.21. The minimum Gasteiger partial charge on any atom is -0.439 e. The third kappa shape index (κ3) is 6.35. The van der Waals surface area contributed by atoms with Gasteiger partial charge in [-0.3, -0.25) is 0 Å². The molecule has 50 valence electrons. The van der Waals surface area contributed by atoms with Crippen molar-refractivity contribution in [3.63, 3.8) is 0 Å². The third-order valence-electron chi connectivity index (χ3n) is 0.520. The van der Waals surface area contributed by atoms with Gasteiger partial charge in [-0.25, -0.2) is 0 Å². The minimum atomic E-state index is -2.01. The second-order valence-corrected chi connectivity index (χ2v) is 8.41. The van der Waals surface area contributed by atoms with Gasteiger partial charge < -0.3 is 8.91 Å². The first kappa shape index (κ1) is 6.47. The van der Waals surface area contributed by atoms with Gasteiger partial charge in [0.2, 0.25) is 0 Å². The van der Waals surface area contributed by atoms with E-state index in [2.05, 4.69) is 17.9 Å². The van der Waals surface area contributed by atoms with Crippen molar-refractivity contribution in [2.45, 2.75) is 26.2 Å². The van der Waals surface area contributed by atoms with Gasteiger partial charge in [0.1, 0.15) is 0 Å². The van der Waals surface area contributed by atoms with Crippen LogP contribution in [0.5, 0.6) is 0 Å². The lowest BCUT2D eigenvalue weighted by molar-refractivity contribution is 0.398. The highest BCUT2D eigenvalue weighted by Gasteiger charge is 2.19. The molecule has 0 saturated heterocycles. The Morgan fingerprint density at radius 3 is 2.25 bits per heavy atom. The highest BCUT2D eigenvalue weighted by atomic mass is 28.4. The molecule has 1 N–H and O–H groups in total. The second-order valence-electron chi connectivity index (χ2n) is 2.57. The molecule has 0 aliphatic carbocycles. The molecule has 0 aromatic carbocycles.